The molecule has 1 saturated carbocycles. The highest BCUT2D eigenvalue weighted by atomic mass is 32.2. The van der Waals surface area contributed by atoms with Crippen LogP contribution in [0.5, 0.6) is 0 Å². The number of hydrogen-bond donors (Lipinski definition) is 1. The molecule has 0 bridgehead atoms. The largest absolute Gasteiger partial charge is 0.469 e. The number of benzene rings is 1. The first kappa shape index (κ1) is 15.4. The Balaban J connectivity index is 1.48. The molecule has 2 aliphatic rings. The Morgan fingerprint density at radius 2 is 1.92 bits per heavy atom. The predicted molar refractivity (Wildman–Crippen MR) is 88.0 cm³/mol. The van der Waals surface area contributed by atoms with E-state index >= 15 is 0 Å². The van der Waals surface area contributed by atoms with Crippen molar-refractivity contribution in [2.24, 2.45) is 5.92 Å². The van der Waals surface area contributed by atoms with Crippen molar-refractivity contribution in [1.29, 1.82) is 0 Å². The van der Waals surface area contributed by atoms with Crippen molar-refractivity contribution in [3.05, 3.63) is 53.5 Å². The second-order valence-electron chi connectivity index (χ2n) is 6.57. The molecule has 24 heavy (non-hydrogen) atoms. The van der Waals surface area contributed by atoms with Gasteiger partial charge in [0, 0.05) is 11.8 Å². The molecule has 0 spiro atoms. The molecule has 0 radical (unpaired) electrons. The third-order valence-corrected chi connectivity index (χ3v) is 6.25. The van der Waals surface area contributed by atoms with Gasteiger partial charge in [0.1, 0.15) is 5.76 Å². The first-order valence-corrected chi connectivity index (χ1v) is 9.75. The number of hydrogen-bond acceptors (Lipinski definition) is 4. The van der Waals surface area contributed by atoms with E-state index in [0.717, 1.165) is 37.0 Å². The fraction of sp³-hybridized carbons (Fsp3) is 0.389. The van der Waals surface area contributed by atoms with Crippen LogP contribution >= 0.6 is 0 Å². The molecule has 4 rings (SSSR count). The molecular weight excluding hydrogens is 326 g/mol. The van der Waals surface area contributed by atoms with Gasteiger partial charge in [0.15, 0.2) is 0 Å². The molecule has 1 heterocycles. The van der Waals surface area contributed by atoms with Gasteiger partial charge in [-0.2, -0.15) is 0 Å². The zero-order valence-electron chi connectivity index (χ0n) is 13.2. The van der Waals surface area contributed by atoms with Crippen LogP contribution in [0, 0.1) is 5.92 Å². The van der Waals surface area contributed by atoms with E-state index in [9.17, 15) is 13.2 Å². The number of carbonyl (C=O) groups excluding carboxylic acids is 1. The number of fused-ring (bicyclic) bond motifs is 1. The first-order chi connectivity index (χ1) is 11.5. The Morgan fingerprint density at radius 1 is 1.12 bits per heavy atom. The minimum Gasteiger partial charge on any atom is -0.469 e. The number of carbonyl (C=O) groups is 1. The fourth-order valence-corrected chi connectivity index (χ4v) is 4.52. The number of nitrogens with one attached hydrogen (secondary N) is 1. The van der Waals surface area contributed by atoms with E-state index in [4.69, 9.17) is 4.42 Å². The third kappa shape index (κ3) is 2.86. The lowest BCUT2D eigenvalue weighted by Crippen LogP contribution is -2.32. The second-order valence-corrected chi connectivity index (χ2v) is 8.25. The summed E-state index contributed by atoms with van der Waals surface area (Å²) in [5, 5.41) is 0. The van der Waals surface area contributed by atoms with Gasteiger partial charge in [-0.1, -0.05) is 6.07 Å². The van der Waals surface area contributed by atoms with Gasteiger partial charge in [0.25, 0.3) is 10.0 Å². The molecule has 1 fully saturated rings. The molecule has 0 saturated heterocycles. The van der Waals surface area contributed by atoms with Crippen LogP contribution in [0.4, 0.5) is 0 Å². The van der Waals surface area contributed by atoms with E-state index in [2.05, 4.69) is 4.72 Å². The monoisotopic (exact) mass is 345 g/mol. The Hall–Kier alpha value is -2.08. The van der Waals surface area contributed by atoms with Crippen LogP contribution in [0.2, 0.25) is 0 Å². The van der Waals surface area contributed by atoms with Crippen molar-refractivity contribution in [2.45, 2.75) is 42.9 Å². The highest BCUT2D eigenvalue weighted by molar-refractivity contribution is 7.90. The molecule has 1 N–H and O–H groups in total. The van der Waals surface area contributed by atoms with Gasteiger partial charge in [-0.3, -0.25) is 4.79 Å². The van der Waals surface area contributed by atoms with E-state index in [1.165, 1.54) is 5.56 Å². The SMILES string of the molecule is O=C(NS(=O)(=O)c1ccc2c(c1)CCCC2)C1CC1c1ccco1. The zero-order valence-corrected chi connectivity index (χ0v) is 14.0. The van der Waals surface area contributed by atoms with Crippen molar-refractivity contribution >= 4 is 15.9 Å². The van der Waals surface area contributed by atoms with Crippen LogP contribution in [-0.4, -0.2) is 14.3 Å². The summed E-state index contributed by atoms with van der Waals surface area (Å²) in [5.41, 5.74) is 2.29. The average molecular weight is 345 g/mol. The van der Waals surface area contributed by atoms with Crippen LogP contribution in [0.25, 0.3) is 0 Å². The molecule has 126 valence electrons. The summed E-state index contributed by atoms with van der Waals surface area (Å²) in [6.45, 7) is 0. The van der Waals surface area contributed by atoms with Crippen molar-refractivity contribution in [3.8, 4) is 0 Å². The fourth-order valence-electron chi connectivity index (χ4n) is 3.45. The number of sulfonamides is 1. The number of amides is 1. The van der Waals surface area contributed by atoms with Gasteiger partial charge in [0.2, 0.25) is 5.91 Å². The molecule has 1 amide bonds. The van der Waals surface area contributed by atoms with Crippen molar-refractivity contribution < 1.29 is 17.6 Å². The van der Waals surface area contributed by atoms with Gasteiger partial charge >= 0.3 is 0 Å². The van der Waals surface area contributed by atoms with Gasteiger partial charge < -0.3 is 4.42 Å². The standard InChI is InChI=1S/C18H19NO4S/c20-18(16-11-15(16)17-6-3-9-23-17)19-24(21,22)14-8-7-12-4-1-2-5-13(12)10-14/h3,6-10,15-16H,1-2,4-5,11H2,(H,19,20). The molecule has 1 aromatic carbocycles. The molecule has 2 atom stereocenters. The number of aryl methyl sites for hydroxylation is 2. The summed E-state index contributed by atoms with van der Waals surface area (Å²) in [7, 11) is -3.82. The summed E-state index contributed by atoms with van der Waals surface area (Å²) in [6.07, 6.45) is 6.30. The van der Waals surface area contributed by atoms with Crippen molar-refractivity contribution in [1.82, 2.24) is 4.72 Å². The predicted octanol–water partition coefficient (Wildman–Crippen LogP) is 2.77. The number of furan rings is 1. The van der Waals surface area contributed by atoms with Crippen molar-refractivity contribution in [3.63, 3.8) is 0 Å². The lowest BCUT2D eigenvalue weighted by atomic mass is 9.92. The molecule has 2 aromatic rings. The van der Waals surface area contributed by atoms with E-state index in [-0.39, 0.29) is 16.7 Å². The third-order valence-electron chi connectivity index (χ3n) is 4.90. The Labute approximate surface area is 141 Å². The molecule has 6 heteroatoms. The van der Waals surface area contributed by atoms with E-state index < -0.39 is 15.9 Å². The minimum absolute atomic E-state index is 0.0151. The Bertz CT molecular complexity index is 870. The van der Waals surface area contributed by atoms with Gasteiger partial charge in [-0.25, -0.2) is 13.1 Å². The second kappa shape index (κ2) is 5.77. The summed E-state index contributed by atoms with van der Waals surface area (Å²) < 4.78 is 32.5. The lowest BCUT2D eigenvalue weighted by Gasteiger charge is -2.16. The van der Waals surface area contributed by atoms with Gasteiger partial charge in [-0.05, 0) is 67.5 Å². The summed E-state index contributed by atoms with van der Waals surface area (Å²) in [4.78, 5) is 12.4. The van der Waals surface area contributed by atoms with Crippen LogP contribution in [0.1, 0.15) is 42.1 Å². The summed E-state index contributed by atoms with van der Waals surface area (Å²) >= 11 is 0. The molecule has 2 aliphatic carbocycles. The highest BCUT2D eigenvalue weighted by Crippen LogP contribution is 2.47. The van der Waals surface area contributed by atoms with E-state index in [1.807, 2.05) is 12.1 Å². The smallest absolute Gasteiger partial charge is 0.264 e. The van der Waals surface area contributed by atoms with E-state index in [1.54, 1.807) is 24.5 Å². The van der Waals surface area contributed by atoms with E-state index in [0.29, 0.717) is 6.42 Å². The van der Waals surface area contributed by atoms with Crippen LogP contribution < -0.4 is 4.72 Å². The normalized spacial score (nSPS) is 22.7. The molecule has 5 nitrogen and oxygen atoms in total. The molecular formula is C18H19NO4S. The van der Waals surface area contributed by atoms with Crippen LogP contribution in [0.3, 0.4) is 0 Å². The average Bonchev–Trinajstić information content (AvgIpc) is 3.20. The molecule has 2 unspecified atom stereocenters. The van der Waals surface area contributed by atoms with Crippen molar-refractivity contribution in [2.75, 3.05) is 0 Å². The maximum absolute atomic E-state index is 12.5. The Morgan fingerprint density at radius 3 is 2.67 bits per heavy atom. The van der Waals surface area contributed by atoms with Gasteiger partial charge in [-0.15, -0.1) is 0 Å². The maximum Gasteiger partial charge on any atom is 0.264 e. The summed E-state index contributed by atoms with van der Waals surface area (Å²) in [6, 6.07) is 8.76. The molecule has 1 aromatic heterocycles. The van der Waals surface area contributed by atoms with Gasteiger partial charge in [0.05, 0.1) is 11.2 Å². The Kier molecular flexibility index (Phi) is 3.72. The number of rotatable bonds is 4. The van der Waals surface area contributed by atoms with Crippen LogP contribution in [0.15, 0.2) is 45.9 Å². The first-order valence-electron chi connectivity index (χ1n) is 8.26. The lowest BCUT2D eigenvalue weighted by molar-refractivity contribution is -0.120. The zero-order chi connectivity index (χ0) is 16.7. The highest BCUT2D eigenvalue weighted by Gasteiger charge is 2.47. The van der Waals surface area contributed by atoms with Crippen LogP contribution in [-0.2, 0) is 27.7 Å². The quantitative estimate of drug-likeness (QED) is 0.924. The topological polar surface area (TPSA) is 76.4 Å². The summed E-state index contributed by atoms with van der Waals surface area (Å²) in [5.74, 6) is -0.0577. The minimum atomic E-state index is -3.82. The molecule has 0 aliphatic heterocycles. The maximum atomic E-state index is 12.5.